The molecule has 3 atom stereocenters. The summed E-state index contributed by atoms with van der Waals surface area (Å²) in [6, 6.07) is -2.07. The molecular weight excluding hydrogens is 354 g/mol. The summed E-state index contributed by atoms with van der Waals surface area (Å²) in [6.45, 7) is 11.7. The number of carboxylic acid groups (broad SMARTS) is 3. The van der Waals surface area contributed by atoms with Crippen LogP contribution in [0.4, 0.5) is 0 Å². The van der Waals surface area contributed by atoms with E-state index in [0.29, 0.717) is 37.0 Å². The van der Waals surface area contributed by atoms with Crippen LogP contribution in [0.3, 0.4) is 0 Å². The number of carboxylic acids is 3. The second-order valence-corrected chi connectivity index (χ2v) is 7.72. The topological polar surface area (TPSA) is 190 Å². The maximum absolute atomic E-state index is 10.1. The molecule has 9 heteroatoms. The third-order valence-corrected chi connectivity index (χ3v) is 3.13. The van der Waals surface area contributed by atoms with Gasteiger partial charge in [-0.2, -0.15) is 0 Å². The Morgan fingerprint density at radius 2 is 0.704 bits per heavy atom. The van der Waals surface area contributed by atoms with Crippen LogP contribution >= 0.6 is 0 Å². The Morgan fingerprint density at radius 3 is 0.741 bits per heavy atom. The highest BCUT2D eigenvalue weighted by atomic mass is 16.4. The van der Waals surface area contributed by atoms with Crippen molar-refractivity contribution in [1.82, 2.24) is 0 Å². The number of nitrogens with two attached hydrogens (primary N) is 3. The van der Waals surface area contributed by atoms with Crippen LogP contribution in [0.2, 0.25) is 0 Å². The summed E-state index contributed by atoms with van der Waals surface area (Å²) in [5, 5.41) is 24.9. The van der Waals surface area contributed by atoms with Crippen LogP contribution in [0, 0.1) is 17.8 Å². The normalized spacial score (nSPS) is 13.8. The van der Waals surface area contributed by atoms with Gasteiger partial charge in [0.15, 0.2) is 0 Å². The molecule has 27 heavy (non-hydrogen) atoms. The van der Waals surface area contributed by atoms with Crippen LogP contribution in [-0.2, 0) is 14.4 Å². The van der Waals surface area contributed by atoms with Gasteiger partial charge in [-0.05, 0) is 37.0 Å². The monoisotopic (exact) mass is 393 g/mol. The SMILES string of the molecule is CC(C)CC(N)C(=O)O.CC(C)CC(N)C(=O)O.CC(C)CC(N)C(=O)O. The first-order valence-corrected chi connectivity index (χ1v) is 9.06. The average Bonchev–Trinajstić information content (AvgIpc) is 2.46. The molecule has 0 amide bonds. The van der Waals surface area contributed by atoms with Crippen LogP contribution in [-0.4, -0.2) is 51.4 Å². The zero-order valence-corrected chi connectivity index (χ0v) is 17.4. The summed E-state index contributed by atoms with van der Waals surface area (Å²) in [7, 11) is 0. The summed E-state index contributed by atoms with van der Waals surface area (Å²) < 4.78 is 0. The first-order valence-electron chi connectivity index (χ1n) is 9.06. The van der Waals surface area contributed by atoms with Crippen LogP contribution in [0.15, 0.2) is 0 Å². The quantitative estimate of drug-likeness (QED) is 0.335. The number of carbonyl (C=O) groups is 3. The molecule has 0 aromatic rings. The fraction of sp³-hybridized carbons (Fsp3) is 0.833. The second-order valence-electron chi connectivity index (χ2n) is 7.72. The van der Waals surface area contributed by atoms with E-state index in [2.05, 4.69) is 0 Å². The van der Waals surface area contributed by atoms with Crippen molar-refractivity contribution in [3.8, 4) is 0 Å². The highest BCUT2D eigenvalue weighted by Gasteiger charge is 2.13. The van der Waals surface area contributed by atoms with Gasteiger partial charge in [0, 0.05) is 0 Å². The minimum absolute atomic E-state index is 0.357. The summed E-state index contributed by atoms with van der Waals surface area (Å²) >= 11 is 0. The third kappa shape index (κ3) is 24.3. The van der Waals surface area contributed by atoms with Crippen LogP contribution in [0.1, 0.15) is 60.8 Å². The molecule has 0 saturated heterocycles. The van der Waals surface area contributed by atoms with E-state index in [9.17, 15) is 14.4 Å². The molecular formula is C18H39N3O6. The van der Waals surface area contributed by atoms with Crippen LogP contribution in [0.5, 0.6) is 0 Å². The van der Waals surface area contributed by atoms with E-state index < -0.39 is 36.0 Å². The van der Waals surface area contributed by atoms with Crippen molar-refractivity contribution in [2.24, 2.45) is 35.0 Å². The van der Waals surface area contributed by atoms with Gasteiger partial charge in [-0.3, -0.25) is 14.4 Å². The minimum atomic E-state index is -0.913. The molecule has 0 bridgehead atoms. The van der Waals surface area contributed by atoms with E-state index in [1.165, 1.54) is 0 Å². The van der Waals surface area contributed by atoms with Gasteiger partial charge < -0.3 is 32.5 Å². The largest absolute Gasteiger partial charge is 0.480 e. The van der Waals surface area contributed by atoms with Crippen molar-refractivity contribution >= 4 is 17.9 Å². The molecule has 0 aliphatic rings. The molecule has 0 heterocycles. The summed E-state index contributed by atoms with van der Waals surface area (Å²) in [6.07, 6.45) is 1.65. The lowest BCUT2D eigenvalue weighted by molar-refractivity contribution is -0.139. The Kier molecular flexibility index (Phi) is 18.3. The van der Waals surface area contributed by atoms with Crippen molar-refractivity contribution in [3.05, 3.63) is 0 Å². The van der Waals surface area contributed by atoms with E-state index in [4.69, 9.17) is 32.5 Å². The van der Waals surface area contributed by atoms with Gasteiger partial charge in [-0.1, -0.05) is 41.5 Å². The van der Waals surface area contributed by atoms with Gasteiger partial charge >= 0.3 is 17.9 Å². The molecule has 0 spiro atoms. The molecule has 9 N–H and O–H groups in total. The van der Waals surface area contributed by atoms with E-state index in [-0.39, 0.29) is 0 Å². The standard InChI is InChI=1S/3C6H13NO2/c3*1-4(2)3-5(7)6(8)9/h3*4-5H,3,7H2,1-2H3,(H,8,9). The molecule has 0 aliphatic carbocycles. The smallest absolute Gasteiger partial charge is 0.320 e. The molecule has 0 fully saturated rings. The zero-order chi connectivity index (χ0) is 22.3. The zero-order valence-electron chi connectivity index (χ0n) is 17.4. The van der Waals surface area contributed by atoms with Crippen molar-refractivity contribution in [1.29, 1.82) is 0 Å². The van der Waals surface area contributed by atoms with E-state index >= 15 is 0 Å². The van der Waals surface area contributed by atoms with Crippen molar-refractivity contribution in [3.63, 3.8) is 0 Å². The first-order chi connectivity index (χ1) is 12.1. The van der Waals surface area contributed by atoms with E-state index in [0.717, 1.165) is 0 Å². The molecule has 162 valence electrons. The van der Waals surface area contributed by atoms with Crippen LogP contribution in [0.25, 0.3) is 0 Å². The maximum atomic E-state index is 10.1. The highest BCUT2D eigenvalue weighted by molar-refractivity contribution is 5.73. The molecule has 0 rings (SSSR count). The molecule has 3 unspecified atom stereocenters. The predicted octanol–water partition coefficient (Wildman–Crippen LogP) is 1.33. The van der Waals surface area contributed by atoms with Gasteiger partial charge in [-0.25, -0.2) is 0 Å². The Morgan fingerprint density at radius 1 is 0.556 bits per heavy atom. The molecule has 0 aromatic carbocycles. The summed E-state index contributed by atoms with van der Waals surface area (Å²) in [4.78, 5) is 30.3. The molecule has 0 radical (unpaired) electrons. The lowest BCUT2D eigenvalue weighted by Gasteiger charge is -2.07. The third-order valence-electron chi connectivity index (χ3n) is 3.13. The molecule has 0 saturated carbocycles. The Bertz CT molecular complexity index is 366. The summed E-state index contributed by atoms with van der Waals surface area (Å²) in [5.74, 6) is -1.67. The number of hydrogen-bond acceptors (Lipinski definition) is 6. The number of aliphatic carboxylic acids is 3. The Hall–Kier alpha value is -1.71. The van der Waals surface area contributed by atoms with E-state index in [1.54, 1.807) is 0 Å². The maximum Gasteiger partial charge on any atom is 0.320 e. The first kappa shape index (κ1) is 30.0. The number of hydrogen-bond donors (Lipinski definition) is 6. The fourth-order valence-corrected chi connectivity index (χ4v) is 1.83. The Labute approximate surface area is 162 Å². The fourth-order valence-electron chi connectivity index (χ4n) is 1.83. The van der Waals surface area contributed by atoms with Gasteiger partial charge in [0.25, 0.3) is 0 Å². The second kappa shape index (κ2) is 16.5. The van der Waals surface area contributed by atoms with Gasteiger partial charge in [0.05, 0.1) is 0 Å². The van der Waals surface area contributed by atoms with Gasteiger partial charge in [0.2, 0.25) is 0 Å². The Balaban J connectivity index is -0.000000320. The van der Waals surface area contributed by atoms with Crippen LogP contribution < -0.4 is 17.2 Å². The predicted molar refractivity (Wildman–Crippen MR) is 105 cm³/mol. The van der Waals surface area contributed by atoms with Crippen molar-refractivity contribution in [2.45, 2.75) is 78.9 Å². The van der Waals surface area contributed by atoms with E-state index in [1.807, 2.05) is 41.5 Å². The van der Waals surface area contributed by atoms with Crippen molar-refractivity contribution < 1.29 is 29.7 Å². The molecule has 9 nitrogen and oxygen atoms in total. The molecule has 0 aliphatic heterocycles. The lowest BCUT2D eigenvalue weighted by atomic mass is 10.1. The molecule has 0 aromatic heterocycles. The van der Waals surface area contributed by atoms with Gasteiger partial charge in [0.1, 0.15) is 18.1 Å². The minimum Gasteiger partial charge on any atom is -0.480 e. The lowest BCUT2D eigenvalue weighted by Crippen LogP contribution is -2.31. The summed E-state index contributed by atoms with van der Waals surface area (Å²) in [5.41, 5.74) is 15.7. The average molecular weight is 394 g/mol. The van der Waals surface area contributed by atoms with Gasteiger partial charge in [-0.15, -0.1) is 0 Å². The highest BCUT2D eigenvalue weighted by Crippen LogP contribution is 2.02. The number of rotatable bonds is 9. The van der Waals surface area contributed by atoms with Crippen molar-refractivity contribution in [2.75, 3.05) is 0 Å².